The number of hydrogen-bond acceptors (Lipinski definition) is 2. The SMILES string of the molecule is C[C-](C)C.C[CH-]N=NC.[W+2].[W].[W].[W].[W].[W]. The summed E-state index contributed by atoms with van der Waals surface area (Å²) in [7, 11) is 1.64. The Morgan fingerprint density at radius 1 is 0.867 bits per heavy atom. The molecule has 8 heteroatoms. The van der Waals surface area contributed by atoms with Crippen molar-refractivity contribution < 1.29 is 126 Å². The topological polar surface area (TPSA) is 24.7 Å². The molecule has 0 spiro atoms. The van der Waals surface area contributed by atoms with Crippen LogP contribution in [0.3, 0.4) is 0 Å². The molecular formula is C7H16N2W6. The van der Waals surface area contributed by atoms with E-state index in [0.29, 0.717) is 0 Å². The molecule has 0 aliphatic carbocycles. The minimum atomic E-state index is 0. The third-order valence-corrected chi connectivity index (χ3v) is 0.231. The molecule has 2 nitrogen and oxygen atoms in total. The zero-order valence-corrected chi connectivity index (χ0v) is 27.0. The van der Waals surface area contributed by atoms with E-state index in [1.807, 2.05) is 6.92 Å². The second-order valence-corrected chi connectivity index (χ2v) is 2.07. The van der Waals surface area contributed by atoms with Crippen LogP contribution in [0, 0.1) is 12.5 Å². The maximum atomic E-state index is 3.47. The molecule has 0 N–H and O–H groups in total. The summed E-state index contributed by atoms with van der Waals surface area (Å²) in [6.07, 6.45) is 0. The maximum Gasteiger partial charge on any atom is 2.00 e. The van der Waals surface area contributed by atoms with Gasteiger partial charge < -0.3 is 11.0 Å². The van der Waals surface area contributed by atoms with Crippen molar-refractivity contribution in [2.75, 3.05) is 7.05 Å². The van der Waals surface area contributed by atoms with Gasteiger partial charge in [-0.1, -0.05) is 0 Å². The van der Waals surface area contributed by atoms with Gasteiger partial charge in [0, 0.05) is 112 Å². The molecule has 0 unspecified atom stereocenters. The third-order valence-electron chi connectivity index (χ3n) is 0.231. The molecule has 0 atom stereocenters. The first kappa shape index (κ1) is 51.3. The summed E-state index contributed by atoms with van der Waals surface area (Å²) in [5, 5.41) is 6.90. The van der Waals surface area contributed by atoms with Gasteiger partial charge in [0.05, 0.1) is 0 Å². The van der Waals surface area contributed by atoms with Crippen LogP contribution < -0.4 is 0 Å². The van der Waals surface area contributed by atoms with Crippen molar-refractivity contribution in [3.63, 3.8) is 0 Å². The molecule has 0 saturated carbocycles. The molecule has 90 valence electrons. The Hall–Kier alpha value is 3.60. The molecule has 0 saturated heterocycles. The summed E-state index contributed by atoms with van der Waals surface area (Å²) < 4.78 is 0. The van der Waals surface area contributed by atoms with Crippen LogP contribution in [0.25, 0.3) is 0 Å². The smallest absolute Gasteiger partial charge is 0.356 e. The van der Waals surface area contributed by atoms with Gasteiger partial charge in [-0.15, -0.1) is 0 Å². The van der Waals surface area contributed by atoms with Gasteiger partial charge in [-0.3, -0.25) is 6.54 Å². The first-order valence-corrected chi connectivity index (χ1v) is 2.98. The number of azo groups is 1. The van der Waals surface area contributed by atoms with Crippen LogP contribution in [0.2, 0.25) is 0 Å². The van der Waals surface area contributed by atoms with Gasteiger partial charge in [-0.25, -0.2) is 5.11 Å². The van der Waals surface area contributed by atoms with Gasteiger partial charge in [0.15, 0.2) is 0 Å². The molecule has 15 heavy (non-hydrogen) atoms. The molecular weight excluding hydrogens is 1220 g/mol. The normalized spacial score (nSPS) is 5.47. The number of nitrogens with zero attached hydrogens (tertiary/aromatic N) is 2. The molecule has 0 amide bonds. The Balaban J connectivity index is -0.00000000785. The van der Waals surface area contributed by atoms with E-state index >= 15 is 0 Å². The quantitative estimate of drug-likeness (QED) is 0.286. The molecule has 0 heterocycles. The second kappa shape index (κ2) is 52.6. The Morgan fingerprint density at radius 3 is 1.07 bits per heavy atom. The van der Waals surface area contributed by atoms with E-state index < -0.39 is 0 Å². The van der Waals surface area contributed by atoms with Crippen LogP contribution in [0.15, 0.2) is 10.2 Å². The van der Waals surface area contributed by atoms with Crippen molar-refractivity contribution in [3.8, 4) is 0 Å². The van der Waals surface area contributed by atoms with E-state index in [0.717, 1.165) is 0 Å². The minimum absolute atomic E-state index is 0. The van der Waals surface area contributed by atoms with Crippen LogP contribution in [0.5, 0.6) is 0 Å². The molecule has 0 bridgehead atoms. The van der Waals surface area contributed by atoms with Crippen molar-refractivity contribution in [1.82, 2.24) is 0 Å². The largest absolute Gasteiger partial charge is 2.00 e. The fourth-order valence-corrected chi connectivity index (χ4v) is 0.115. The maximum absolute atomic E-state index is 3.47. The molecule has 0 aliphatic heterocycles. The first-order chi connectivity index (χ1) is 4.15. The fourth-order valence-electron chi connectivity index (χ4n) is 0.115. The average Bonchev–Trinajstić information content (AvgIpc) is 1.66. The van der Waals surface area contributed by atoms with Gasteiger partial charge in [-0.05, 0) is 0 Å². The van der Waals surface area contributed by atoms with E-state index in [1.54, 1.807) is 13.6 Å². The van der Waals surface area contributed by atoms with Crippen molar-refractivity contribution in [1.29, 1.82) is 0 Å². The Kier molecular flexibility index (Phi) is 180. The molecule has 0 aromatic heterocycles. The van der Waals surface area contributed by atoms with E-state index in [-0.39, 0.29) is 126 Å². The van der Waals surface area contributed by atoms with Gasteiger partial charge >= 0.3 is 21.1 Å². The predicted molar refractivity (Wildman–Crippen MR) is 41.0 cm³/mol. The van der Waals surface area contributed by atoms with Gasteiger partial charge in [0.1, 0.15) is 0 Å². The van der Waals surface area contributed by atoms with E-state index in [9.17, 15) is 0 Å². The first-order valence-electron chi connectivity index (χ1n) is 2.98. The van der Waals surface area contributed by atoms with Crippen molar-refractivity contribution in [3.05, 3.63) is 12.5 Å². The number of hydrogen-bond donors (Lipinski definition) is 0. The molecule has 0 rings (SSSR count). The summed E-state index contributed by atoms with van der Waals surface area (Å²) in [6, 6.07) is 0. The second-order valence-electron chi connectivity index (χ2n) is 2.07. The van der Waals surface area contributed by atoms with Crippen LogP contribution in [-0.2, 0) is 126 Å². The monoisotopic (exact) mass is 1230 g/mol. The zero-order chi connectivity index (χ0) is 7.70. The van der Waals surface area contributed by atoms with E-state index in [1.165, 1.54) is 5.92 Å². The van der Waals surface area contributed by atoms with Crippen molar-refractivity contribution in [2.45, 2.75) is 27.7 Å². The Morgan fingerprint density at radius 2 is 1.07 bits per heavy atom. The van der Waals surface area contributed by atoms with Crippen molar-refractivity contribution >= 4 is 0 Å². The predicted octanol–water partition coefficient (Wildman–Crippen LogP) is 2.86. The van der Waals surface area contributed by atoms with Crippen LogP contribution in [0.4, 0.5) is 0 Å². The van der Waals surface area contributed by atoms with Crippen LogP contribution >= 0.6 is 0 Å². The molecule has 0 aliphatic rings. The summed E-state index contributed by atoms with van der Waals surface area (Å²) >= 11 is 0. The number of rotatable bonds is 1. The van der Waals surface area contributed by atoms with Gasteiger partial charge in [0.2, 0.25) is 0 Å². The van der Waals surface area contributed by atoms with Crippen molar-refractivity contribution in [2.24, 2.45) is 10.2 Å². The summed E-state index contributed by atoms with van der Waals surface area (Å²) in [6.45, 7) is 9.72. The molecule has 0 aromatic carbocycles. The Labute approximate surface area is 181 Å². The van der Waals surface area contributed by atoms with E-state index in [2.05, 4.69) is 31.0 Å². The third kappa shape index (κ3) is 137. The van der Waals surface area contributed by atoms with Gasteiger partial charge in [0.25, 0.3) is 0 Å². The average molecular weight is 1230 g/mol. The molecule has 0 aromatic rings. The van der Waals surface area contributed by atoms with Crippen LogP contribution in [-0.4, -0.2) is 7.05 Å². The summed E-state index contributed by atoms with van der Waals surface area (Å²) in [5.74, 6) is 1.42. The molecule has 0 radical (unpaired) electrons. The minimum Gasteiger partial charge on any atom is -0.356 e. The zero-order valence-electron chi connectivity index (χ0n) is 9.42. The Bertz CT molecular complexity index is 69.7. The van der Waals surface area contributed by atoms with E-state index in [4.69, 9.17) is 0 Å². The molecule has 0 fully saturated rings. The summed E-state index contributed by atoms with van der Waals surface area (Å²) in [4.78, 5) is 0. The summed E-state index contributed by atoms with van der Waals surface area (Å²) in [5.41, 5.74) is 0. The van der Waals surface area contributed by atoms with Crippen LogP contribution in [0.1, 0.15) is 27.7 Å². The fraction of sp³-hybridized carbons (Fsp3) is 0.714. The van der Waals surface area contributed by atoms with Gasteiger partial charge in [-0.2, -0.15) is 27.7 Å². The standard InChI is InChI=1S/C4H9.C3H7N2.6W/c1-4(2)3;1-3-5-4-2;;;;;;/h1-3H3;3H,1-2H3;;;;;;/q2*-1;;;;;;+2.